The van der Waals surface area contributed by atoms with Crippen LogP contribution in [0.5, 0.6) is 0 Å². The summed E-state index contributed by atoms with van der Waals surface area (Å²) in [6.45, 7) is 4.64. The first kappa shape index (κ1) is 16.1. The molecule has 0 amide bonds. The number of anilines is 2. The van der Waals surface area contributed by atoms with Crippen LogP contribution in [0.25, 0.3) is 0 Å². The molecule has 2 aliphatic heterocycles. The maximum absolute atomic E-state index is 11.6. The van der Waals surface area contributed by atoms with E-state index in [4.69, 9.17) is 9.47 Å². The molecule has 0 atom stereocenters. The summed E-state index contributed by atoms with van der Waals surface area (Å²) in [5.74, 6) is -0.493. The van der Waals surface area contributed by atoms with Gasteiger partial charge in [-0.15, -0.1) is 0 Å². The van der Waals surface area contributed by atoms with Gasteiger partial charge in [-0.1, -0.05) is 0 Å². The molecule has 2 heterocycles. The number of esters is 2. The van der Waals surface area contributed by atoms with Crippen molar-refractivity contribution in [2.24, 2.45) is 0 Å². The van der Waals surface area contributed by atoms with E-state index in [1.165, 1.54) is 0 Å². The summed E-state index contributed by atoms with van der Waals surface area (Å²) in [6, 6.07) is 7.66. The van der Waals surface area contributed by atoms with E-state index in [2.05, 4.69) is 10.6 Å². The Hall–Kier alpha value is -2.76. The van der Waals surface area contributed by atoms with Crippen LogP contribution in [-0.2, 0) is 19.1 Å². The van der Waals surface area contributed by atoms with E-state index in [1.807, 2.05) is 38.1 Å². The Bertz CT molecular complexity index is 669. The van der Waals surface area contributed by atoms with Gasteiger partial charge in [-0.25, -0.2) is 9.59 Å². The Kier molecular flexibility index (Phi) is 4.55. The van der Waals surface area contributed by atoms with Gasteiger partial charge in [-0.05, 0) is 38.1 Å². The van der Waals surface area contributed by atoms with Crippen LogP contribution in [0.3, 0.4) is 0 Å². The Balaban J connectivity index is 1.68. The molecular formula is C18H20N2O4. The van der Waals surface area contributed by atoms with Gasteiger partial charge in [0.2, 0.25) is 0 Å². The molecule has 0 unspecified atom stereocenters. The SMILES string of the molecule is C/C(Nc1ccc(N/C(C)=C2\CCOC2=O)cc1)=C1/CCOC1=O. The first-order valence-electron chi connectivity index (χ1n) is 7.92. The van der Waals surface area contributed by atoms with Gasteiger partial charge in [0.25, 0.3) is 0 Å². The van der Waals surface area contributed by atoms with E-state index >= 15 is 0 Å². The van der Waals surface area contributed by atoms with Crippen molar-refractivity contribution in [2.75, 3.05) is 23.8 Å². The van der Waals surface area contributed by atoms with Crippen molar-refractivity contribution in [2.45, 2.75) is 26.7 Å². The van der Waals surface area contributed by atoms with Crippen molar-refractivity contribution in [3.8, 4) is 0 Å². The van der Waals surface area contributed by atoms with Gasteiger partial charge in [0.05, 0.1) is 24.4 Å². The lowest BCUT2D eigenvalue weighted by Crippen LogP contribution is -2.06. The lowest BCUT2D eigenvalue weighted by Gasteiger charge is -2.11. The van der Waals surface area contributed by atoms with Gasteiger partial charge in [0.1, 0.15) is 0 Å². The zero-order valence-electron chi connectivity index (χ0n) is 13.8. The van der Waals surface area contributed by atoms with Gasteiger partial charge in [0.15, 0.2) is 0 Å². The smallest absolute Gasteiger partial charge is 0.335 e. The topological polar surface area (TPSA) is 76.7 Å². The first-order valence-corrected chi connectivity index (χ1v) is 7.92. The highest BCUT2D eigenvalue weighted by Crippen LogP contribution is 2.23. The minimum absolute atomic E-state index is 0.246. The Morgan fingerprint density at radius 3 is 1.46 bits per heavy atom. The molecule has 0 saturated carbocycles. The second-order valence-corrected chi connectivity index (χ2v) is 5.81. The first-order chi connectivity index (χ1) is 11.5. The average Bonchev–Trinajstić information content (AvgIpc) is 3.17. The molecule has 2 aliphatic rings. The number of allylic oxidation sites excluding steroid dienone is 2. The molecule has 6 nitrogen and oxygen atoms in total. The summed E-state index contributed by atoms with van der Waals surface area (Å²) >= 11 is 0. The van der Waals surface area contributed by atoms with Crippen molar-refractivity contribution in [1.29, 1.82) is 0 Å². The normalized spacial score (nSPS) is 21.2. The third-order valence-corrected chi connectivity index (χ3v) is 4.12. The van der Waals surface area contributed by atoms with Crippen LogP contribution in [0, 0.1) is 0 Å². The van der Waals surface area contributed by atoms with Gasteiger partial charge in [-0.3, -0.25) is 0 Å². The maximum atomic E-state index is 11.6. The van der Waals surface area contributed by atoms with Gasteiger partial charge in [-0.2, -0.15) is 0 Å². The van der Waals surface area contributed by atoms with E-state index < -0.39 is 0 Å². The summed E-state index contributed by atoms with van der Waals surface area (Å²) in [6.07, 6.45) is 1.28. The second-order valence-electron chi connectivity index (χ2n) is 5.81. The molecule has 126 valence electrons. The van der Waals surface area contributed by atoms with Crippen LogP contribution in [0.2, 0.25) is 0 Å². The molecule has 0 spiro atoms. The van der Waals surface area contributed by atoms with Crippen molar-refractivity contribution < 1.29 is 19.1 Å². The highest BCUT2D eigenvalue weighted by Gasteiger charge is 2.22. The monoisotopic (exact) mass is 328 g/mol. The summed E-state index contributed by atoms with van der Waals surface area (Å²) in [7, 11) is 0. The quantitative estimate of drug-likeness (QED) is 0.654. The number of nitrogens with one attached hydrogen (secondary N) is 2. The molecule has 0 bridgehead atoms. The Labute approximate surface area is 140 Å². The minimum Gasteiger partial charge on any atom is -0.462 e. The molecule has 24 heavy (non-hydrogen) atoms. The number of carbonyl (C=O) groups is 2. The van der Waals surface area contributed by atoms with Crippen molar-refractivity contribution in [1.82, 2.24) is 0 Å². The van der Waals surface area contributed by atoms with Crippen molar-refractivity contribution >= 4 is 23.3 Å². The van der Waals surface area contributed by atoms with Gasteiger partial charge < -0.3 is 20.1 Å². The van der Waals surface area contributed by atoms with E-state index in [0.717, 1.165) is 22.8 Å². The van der Waals surface area contributed by atoms with E-state index in [1.54, 1.807) is 0 Å². The molecule has 0 aromatic heterocycles. The van der Waals surface area contributed by atoms with Crippen LogP contribution in [0.15, 0.2) is 46.8 Å². The van der Waals surface area contributed by atoms with Crippen LogP contribution >= 0.6 is 0 Å². The average molecular weight is 328 g/mol. The van der Waals surface area contributed by atoms with E-state index in [9.17, 15) is 9.59 Å². The third-order valence-electron chi connectivity index (χ3n) is 4.12. The number of cyclic esters (lactones) is 2. The van der Waals surface area contributed by atoms with Crippen molar-refractivity contribution in [3.63, 3.8) is 0 Å². The fraction of sp³-hybridized carbons (Fsp3) is 0.333. The molecule has 2 N–H and O–H groups in total. The minimum atomic E-state index is -0.246. The lowest BCUT2D eigenvalue weighted by molar-refractivity contribution is -0.136. The number of hydrogen-bond acceptors (Lipinski definition) is 6. The Morgan fingerprint density at radius 1 is 0.792 bits per heavy atom. The molecule has 2 saturated heterocycles. The molecular weight excluding hydrogens is 308 g/mol. The summed E-state index contributed by atoms with van der Waals surface area (Å²) in [4.78, 5) is 23.1. The van der Waals surface area contributed by atoms with Gasteiger partial charge >= 0.3 is 11.9 Å². The molecule has 2 fully saturated rings. The van der Waals surface area contributed by atoms with E-state index in [-0.39, 0.29) is 11.9 Å². The molecule has 0 aliphatic carbocycles. The summed E-state index contributed by atoms with van der Waals surface area (Å²) in [5.41, 5.74) is 4.78. The zero-order chi connectivity index (χ0) is 17.1. The predicted octanol–water partition coefficient (Wildman–Crippen LogP) is 2.95. The van der Waals surface area contributed by atoms with Gasteiger partial charge in [0, 0.05) is 35.6 Å². The number of benzene rings is 1. The highest BCUT2D eigenvalue weighted by molar-refractivity contribution is 5.92. The molecule has 6 heteroatoms. The fourth-order valence-corrected chi connectivity index (χ4v) is 2.77. The predicted molar refractivity (Wildman–Crippen MR) is 90.2 cm³/mol. The number of rotatable bonds is 4. The third kappa shape index (κ3) is 3.42. The molecule has 1 aromatic rings. The second kappa shape index (κ2) is 6.78. The zero-order valence-corrected chi connectivity index (χ0v) is 13.8. The Morgan fingerprint density at radius 2 is 1.17 bits per heavy atom. The largest absolute Gasteiger partial charge is 0.462 e. The standard InChI is InChI=1S/C18H20N2O4/c1-11(15-7-9-23-17(15)21)19-13-3-5-14(6-4-13)20-12(2)16-8-10-24-18(16)22/h3-6,19-20H,7-10H2,1-2H3/b15-11+,16-12+. The van der Waals surface area contributed by atoms with Crippen molar-refractivity contribution in [3.05, 3.63) is 46.8 Å². The summed E-state index contributed by atoms with van der Waals surface area (Å²) in [5, 5.41) is 6.44. The van der Waals surface area contributed by atoms with Crippen LogP contribution in [0.1, 0.15) is 26.7 Å². The molecule has 0 radical (unpaired) electrons. The maximum Gasteiger partial charge on any atom is 0.335 e. The molecule has 3 rings (SSSR count). The fourth-order valence-electron chi connectivity index (χ4n) is 2.77. The number of ether oxygens (including phenoxy) is 2. The molecule has 1 aromatic carbocycles. The lowest BCUT2D eigenvalue weighted by atomic mass is 10.1. The summed E-state index contributed by atoms with van der Waals surface area (Å²) < 4.78 is 9.91. The highest BCUT2D eigenvalue weighted by atomic mass is 16.5. The van der Waals surface area contributed by atoms with Crippen LogP contribution < -0.4 is 10.6 Å². The number of hydrogen-bond donors (Lipinski definition) is 2. The van der Waals surface area contributed by atoms with Crippen LogP contribution in [0.4, 0.5) is 11.4 Å². The van der Waals surface area contributed by atoms with E-state index in [0.29, 0.717) is 37.2 Å². The van der Waals surface area contributed by atoms with Crippen LogP contribution in [-0.4, -0.2) is 25.2 Å². The number of carbonyl (C=O) groups excluding carboxylic acids is 2.